The highest BCUT2D eigenvalue weighted by molar-refractivity contribution is 14.0. The molecule has 4 N–H and O–H groups in total. The molecule has 90 valence electrons. The van der Waals surface area contributed by atoms with Gasteiger partial charge in [0.05, 0.1) is 19.3 Å². The SMILES string of the molecule is COc1c(C)cnc(CN=C(N)N)c1C.I. The van der Waals surface area contributed by atoms with Crippen LogP contribution in [0.3, 0.4) is 0 Å². The zero-order valence-electron chi connectivity index (χ0n) is 9.65. The molecular weight excluding hydrogens is 319 g/mol. The predicted molar refractivity (Wildman–Crippen MR) is 75.2 cm³/mol. The Bertz CT molecular complexity index is 389. The van der Waals surface area contributed by atoms with E-state index in [-0.39, 0.29) is 29.9 Å². The lowest BCUT2D eigenvalue weighted by Crippen LogP contribution is -2.22. The number of aliphatic imine (C=N–C) groups is 1. The summed E-state index contributed by atoms with van der Waals surface area (Å²) in [5.41, 5.74) is 13.3. The molecule has 0 aliphatic rings. The van der Waals surface area contributed by atoms with Gasteiger partial charge in [-0.15, -0.1) is 24.0 Å². The first-order chi connectivity index (χ1) is 7.06. The van der Waals surface area contributed by atoms with E-state index in [9.17, 15) is 0 Å². The summed E-state index contributed by atoms with van der Waals surface area (Å²) in [5.74, 6) is 0.904. The predicted octanol–water partition coefficient (Wildman–Crippen LogP) is 1.10. The molecule has 0 spiro atoms. The van der Waals surface area contributed by atoms with E-state index in [1.54, 1.807) is 13.3 Å². The van der Waals surface area contributed by atoms with Crippen LogP contribution in [0.1, 0.15) is 16.8 Å². The molecule has 0 aliphatic heterocycles. The summed E-state index contributed by atoms with van der Waals surface area (Å²) in [5, 5.41) is 0. The van der Waals surface area contributed by atoms with Crippen molar-refractivity contribution in [2.24, 2.45) is 16.5 Å². The summed E-state index contributed by atoms with van der Waals surface area (Å²) in [6.07, 6.45) is 1.75. The van der Waals surface area contributed by atoms with Gasteiger partial charge in [-0.2, -0.15) is 0 Å². The Morgan fingerprint density at radius 1 is 1.44 bits per heavy atom. The number of nitrogens with zero attached hydrogens (tertiary/aromatic N) is 2. The Labute approximate surface area is 112 Å². The third kappa shape index (κ3) is 3.51. The number of guanidine groups is 1. The number of aryl methyl sites for hydroxylation is 1. The molecule has 0 unspecified atom stereocenters. The summed E-state index contributed by atoms with van der Waals surface area (Å²) in [7, 11) is 1.64. The first-order valence-corrected chi connectivity index (χ1v) is 4.60. The summed E-state index contributed by atoms with van der Waals surface area (Å²) in [6, 6.07) is 0. The third-order valence-corrected chi connectivity index (χ3v) is 2.16. The summed E-state index contributed by atoms with van der Waals surface area (Å²) in [4.78, 5) is 8.18. The molecule has 6 heteroatoms. The average molecular weight is 336 g/mol. The lowest BCUT2D eigenvalue weighted by molar-refractivity contribution is 0.407. The summed E-state index contributed by atoms with van der Waals surface area (Å²) < 4.78 is 5.27. The molecule has 0 aliphatic carbocycles. The number of hydrogen-bond donors (Lipinski definition) is 2. The molecule has 0 atom stereocenters. The van der Waals surface area contributed by atoms with Gasteiger partial charge in [-0.05, 0) is 13.8 Å². The number of aromatic nitrogens is 1. The Morgan fingerprint density at radius 3 is 2.56 bits per heavy atom. The molecule has 1 aromatic rings. The van der Waals surface area contributed by atoms with Gasteiger partial charge in [0.25, 0.3) is 0 Å². The molecule has 0 fully saturated rings. The van der Waals surface area contributed by atoms with E-state index in [2.05, 4.69) is 9.98 Å². The number of rotatable bonds is 3. The number of ether oxygens (including phenoxy) is 1. The monoisotopic (exact) mass is 336 g/mol. The zero-order chi connectivity index (χ0) is 11.4. The van der Waals surface area contributed by atoms with E-state index in [0.29, 0.717) is 6.54 Å². The lowest BCUT2D eigenvalue weighted by atomic mass is 10.1. The maximum Gasteiger partial charge on any atom is 0.186 e. The van der Waals surface area contributed by atoms with Gasteiger partial charge in [0.2, 0.25) is 0 Å². The molecule has 1 aromatic heterocycles. The number of hydrogen-bond acceptors (Lipinski definition) is 3. The van der Waals surface area contributed by atoms with Crippen LogP contribution in [-0.4, -0.2) is 18.1 Å². The van der Waals surface area contributed by atoms with Gasteiger partial charge in [-0.3, -0.25) is 4.98 Å². The molecule has 0 amide bonds. The van der Waals surface area contributed by atoms with Crippen LogP contribution in [-0.2, 0) is 6.54 Å². The van der Waals surface area contributed by atoms with Gasteiger partial charge < -0.3 is 16.2 Å². The Kier molecular flexibility index (Phi) is 6.09. The minimum atomic E-state index is 0. The van der Waals surface area contributed by atoms with E-state index in [1.807, 2.05) is 13.8 Å². The topological polar surface area (TPSA) is 86.5 Å². The van der Waals surface area contributed by atoms with Crippen molar-refractivity contribution in [3.63, 3.8) is 0 Å². The molecule has 0 saturated carbocycles. The molecule has 0 radical (unpaired) electrons. The highest BCUT2D eigenvalue weighted by Gasteiger charge is 2.08. The number of pyridine rings is 1. The van der Waals surface area contributed by atoms with Gasteiger partial charge in [-0.25, -0.2) is 4.99 Å². The van der Waals surface area contributed by atoms with Crippen molar-refractivity contribution in [1.82, 2.24) is 4.98 Å². The van der Waals surface area contributed by atoms with Crippen molar-refractivity contribution in [1.29, 1.82) is 0 Å². The van der Waals surface area contributed by atoms with E-state index >= 15 is 0 Å². The van der Waals surface area contributed by atoms with Crippen LogP contribution >= 0.6 is 24.0 Å². The second kappa shape index (κ2) is 6.51. The fourth-order valence-electron chi connectivity index (χ4n) is 1.40. The van der Waals surface area contributed by atoms with E-state index in [0.717, 1.165) is 22.6 Å². The van der Waals surface area contributed by atoms with Gasteiger partial charge in [0, 0.05) is 17.3 Å². The fourth-order valence-corrected chi connectivity index (χ4v) is 1.40. The molecule has 16 heavy (non-hydrogen) atoms. The molecule has 0 aromatic carbocycles. The zero-order valence-corrected chi connectivity index (χ0v) is 12.0. The van der Waals surface area contributed by atoms with Gasteiger partial charge in [0.15, 0.2) is 5.96 Å². The third-order valence-electron chi connectivity index (χ3n) is 2.16. The van der Waals surface area contributed by atoms with Crippen LogP contribution < -0.4 is 16.2 Å². The minimum Gasteiger partial charge on any atom is -0.496 e. The summed E-state index contributed by atoms with van der Waals surface area (Å²) in [6.45, 7) is 4.27. The number of halogens is 1. The molecule has 5 nitrogen and oxygen atoms in total. The fraction of sp³-hybridized carbons (Fsp3) is 0.400. The van der Waals surface area contributed by atoms with Crippen LogP contribution in [0.5, 0.6) is 5.75 Å². The maximum absolute atomic E-state index is 5.27. The second-order valence-electron chi connectivity index (χ2n) is 3.29. The normalized spacial score (nSPS) is 9.19. The van der Waals surface area contributed by atoms with Crippen molar-refractivity contribution in [3.8, 4) is 5.75 Å². The molecule has 1 rings (SSSR count). The standard InChI is InChI=1S/C10H16N4O.HI/c1-6-4-13-8(5-14-10(11)12)7(2)9(6)15-3;/h4H,5H2,1-3H3,(H4,11,12,14);1H. The highest BCUT2D eigenvalue weighted by atomic mass is 127. The van der Waals surface area contributed by atoms with Crippen molar-refractivity contribution in [3.05, 3.63) is 23.0 Å². The average Bonchev–Trinajstić information content (AvgIpc) is 2.17. The molecule has 0 saturated heterocycles. The van der Waals surface area contributed by atoms with Crippen LogP contribution in [0.4, 0.5) is 0 Å². The highest BCUT2D eigenvalue weighted by Crippen LogP contribution is 2.24. The van der Waals surface area contributed by atoms with Gasteiger partial charge in [-0.1, -0.05) is 0 Å². The quantitative estimate of drug-likeness (QED) is 0.492. The maximum atomic E-state index is 5.27. The second-order valence-corrected chi connectivity index (χ2v) is 3.29. The Hall–Kier alpha value is -1.05. The van der Waals surface area contributed by atoms with Gasteiger partial charge >= 0.3 is 0 Å². The van der Waals surface area contributed by atoms with Crippen molar-refractivity contribution in [2.75, 3.05) is 7.11 Å². The van der Waals surface area contributed by atoms with Crippen LogP contribution in [0.25, 0.3) is 0 Å². The van der Waals surface area contributed by atoms with E-state index in [4.69, 9.17) is 16.2 Å². The Balaban J connectivity index is 0.00000225. The first kappa shape index (κ1) is 14.9. The van der Waals surface area contributed by atoms with Crippen molar-refractivity contribution >= 4 is 29.9 Å². The van der Waals surface area contributed by atoms with Crippen molar-refractivity contribution < 1.29 is 4.74 Å². The molecule has 0 bridgehead atoms. The first-order valence-electron chi connectivity index (χ1n) is 4.60. The molecule has 1 heterocycles. The smallest absolute Gasteiger partial charge is 0.186 e. The Morgan fingerprint density at radius 2 is 2.06 bits per heavy atom. The minimum absolute atomic E-state index is 0. The number of methoxy groups -OCH3 is 1. The van der Waals surface area contributed by atoms with Crippen LogP contribution in [0.2, 0.25) is 0 Å². The van der Waals surface area contributed by atoms with Crippen molar-refractivity contribution in [2.45, 2.75) is 20.4 Å². The van der Waals surface area contributed by atoms with Gasteiger partial charge in [0.1, 0.15) is 5.75 Å². The van der Waals surface area contributed by atoms with Crippen LogP contribution in [0, 0.1) is 13.8 Å². The lowest BCUT2D eigenvalue weighted by Gasteiger charge is -2.10. The molecular formula is C10H17IN4O. The largest absolute Gasteiger partial charge is 0.496 e. The van der Waals surface area contributed by atoms with Crippen LogP contribution in [0.15, 0.2) is 11.2 Å². The number of nitrogens with two attached hydrogens (primary N) is 2. The van der Waals surface area contributed by atoms with E-state index in [1.165, 1.54) is 0 Å². The van der Waals surface area contributed by atoms with E-state index < -0.39 is 0 Å². The summed E-state index contributed by atoms with van der Waals surface area (Å²) >= 11 is 0.